The molecule has 0 aliphatic carbocycles. The fraction of sp³-hybridized carbons (Fsp3) is 0.286. The third-order valence-electron chi connectivity index (χ3n) is 2.06. The van der Waals surface area contributed by atoms with Crippen LogP contribution in [0.25, 0.3) is 0 Å². The van der Waals surface area contributed by atoms with Crippen LogP contribution in [0.5, 0.6) is 0 Å². The van der Waals surface area contributed by atoms with Crippen LogP contribution in [0, 0.1) is 0 Å². The van der Waals surface area contributed by atoms with Gasteiger partial charge in [0.05, 0.1) is 0 Å². The van der Waals surface area contributed by atoms with E-state index in [-0.39, 0.29) is 35.3 Å². The molecule has 0 spiro atoms. The zero-order valence-electron chi connectivity index (χ0n) is 9.37. The quantitative estimate of drug-likeness (QED) is 0.324. The first-order valence-corrected chi connectivity index (χ1v) is 7.49. The first-order valence-electron chi connectivity index (χ1n) is 4.30. The van der Waals surface area contributed by atoms with E-state index in [0.29, 0.717) is 0 Å². The van der Waals surface area contributed by atoms with Crippen LogP contribution in [0.15, 0.2) is 24.4 Å². The van der Waals surface area contributed by atoms with E-state index in [0.717, 1.165) is 0 Å². The zero-order chi connectivity index (χ0) is 13.3. The maximum Gasteiger partial charge on any atom is 1.00 e. The maximum atomic E-state index is 11.0. The van der Waals surface area contributed by atoms with E-state index in [1.807, 2.05) is 0 Å². The number of pyridine rings is 1. The molecule has 0 saturated carbocycles. The maximum absolute atomic E-state index is 11.0. The van der Waals surface area contributed by atoms with Crippen LogP contribution in [0.3, 0.4) is 0 Å². The third-order valence-corrected chi connectivity index (χ3v) is 5.76. The van der Waals surface area contributed by atoms with Crippen LogP contribution < -0.4 is 34.5 Å². The van der Waals surface area contributed by atoms with E-state index >= 15 is 0 Å². The molecular weight excluding hydrogens is 295 g/mol. The van der Waals surface area contributed by atoms with Gasteiger partial charge in [0.1, 0.15) is 0 Å². The number of aliphatic hydroxyl groups is 1. The molecule has 11 heteroatoms. The molecule has 0 saturated heterocycles. The Kier molecular flexibility index (Phi) is 6.38. The van der Waals surface area contributed by atoms with E-state index in [1.165, 1.54) is 24.4 Å². The summed E-state index contributed by atoms with van der Waals surface area (Å²) in [7, 11) is -11.2. The van der Waals surface area contributed by atoms with Gasteiger partial charge in [0.15, 0.2) is 7.60 Å². The van der Waals surface area contributed by atoms with Gasteiger partial charge in [0.2, 0.25) is 5.08 Å². The van der Waals surface area contributed by atoms with E-state index in [2.05, 4.69) is 4.98 Å². The molecule has 0 aromatic carbocycles. The van der Waals surface area contributed by atoms with Crippen LogP contribution in [0.1, 0.15) is 5.69 Å². The Morgan fingerprint density at radius 2 is 1.83 bits per heavy atom. The van der Waals surface area contributed by atoms with Gasteiger partial charge < -0.3 is 29.2 Å². The molecule has 0 amide bonds. The summed E-state index contributed by atoms with van der Waals surface area (Å²) in [5.74, 6) is 0. The third kappa shape index (κ3) is 3.95. The van der Waals surface area contributed by atoms with Gasteiger partial charge in [-0.3, -0.25) is 9.55 Å². The molecule has 2 unspecified atom stereocenters. The molecule has 0 fully saturated rings. The Morgan fingerprint density at radius 1 is 1.28 bits per heavy atom. The molecule has 8 nitrogen and oxygen atoms in total. The first kappa shape index (κ1) is 18.4. The van der Waals surface area contributed by atoms with Gasteiger partial charge >= 0.3 is 37.2 Å². The Bertz CT molecular complexity index is 462. The average molecular weight is 305 g/mol. The SMILES string of the molecule is O=P([O-])(O)C(O)(Cc1ccccn1)P(=O)(O)O.[Na+]. The van der Waals surface area contributed by atoms with Gasteiger partial charge in [-0.05, 0) is 12.1 Å². The van der Waals surface area contributed by atoms with E-state index in [9.17, 15) is 19.1 Å². The number of nitrogens with zero attached hydrogens (tertiary/aromatic N) is 1. The molecule has 18 heavy (non-hydrogen) atoms. The predicted octanol–water partition coefficient (Wildman–Crippen LogP) is -4.00. The monoisotopic (exact) mass is 305 g/mol. The molecule has 1 aromatic rings. The molecule has 1 heterocycles. The van der Waals surface area contributed by atoms with Crippen molar-refractivity contribution in [1.29, 1.82) is 0 Å². The van der Waals surface area contributed by atoms with Crippen LogP contribution in [-0.2, 0) is 15.6 Å². The van der Waals surface area contributed by atoms with Crippen molar-refractivity contribution in [1.82, 2.24) is 4.98 Å². The summed E-state index contributed by atoms with van der Waals surface area (Å²) < 4.78 is 21.9. The van der Waals surface area contributed by atoms with E-state index < -0.39 is 26.7 Å². The van der Waals surface area contributed by atoms with Crippen molar-refractivity contribution >= 4 is 15.2 Å². The fourth-order valence-corrected chi connectivity index (χ4v) is 3.16. The Labute approximate surface area is 125 Å². The van der Waals surface area contributed by atoms with Crippen molar-refractivity contribution in [2.45, 2.75) is 11.5 Å². The molecule has 0 aliphatic rings. The largest absolute Gasteiger partial charge is 1.00 e. The van der Waals surface area contributed by atoms with Gasteiger partial charge in [0, 0.05) is 18.3 Å². The van der Waals surface area contributed by atoms with Gasteiger partial charge in [-0.25, -0.2) is 0 Å². The van der Waals surface area contributed by atoms with Crippen LogP contribution >= 0.6 is 15.2 Å². The minimum absolute atomic E-state index is 0. The molecule has 0 bridgehead atoms. The van der Waals surface area contributed by atoms with Crippen LogP contribution in [0.4, 0.5) is 0 Å². The smallest absolute Gasteiger partial charge is 0.776 e. The van der Waals surface area contributed by atoms with Crippen molar-refractivity contribution in [3.8, 4) is 0 Å². The normalized spacial score (nSPS) is 18.3. The summed E-state index contributed by atoms with van der Waals surface area (Å²) in [6.07, 6.45) is 0.248. The Morgan fingerprint density at radius 3 is 2.17 bits per heavy atom. The standard InChI is InChI=1S/C7H11NO7P2.Na/c9-7(16(10,11)12,17(13,14)15)5-6-3-1-2-4-8-6;/h1-4,9H,5H2,(H2,10,11,12)(H2,13,14,15);/q;+1/p-1. The second kappa shape index (κ2) is 6.24. The molecule has 2 atom stereocenters. The summed E-state index contributed by atoms with van der Waals surface area (Å²) >= 11 is 0. The number of hydrogen-bond donors (Lipinski definition) is 4. The van der Waals surface area contributed by atoms with E-state index in [1.54, 1.807) is 0 Å². The average Bonchev–Trinajstić information content (AvgIpc) is 2.15. The summed E-state index contributed by atoms with van der Waals surface area (Å²) in [4.78, 5) is 41.0. The van der Waals surface area contributed by atoms with Crippen molar-refractivity contribution in [3.63, 3.8) is 0 Å². The molecule has 0 aliphatic heterocycles. The van der Waals surface area contributed by atoms with E-state index in [4.69, 9.17) is 14.7 Å². The second-order valence-electron chi connectivity index (χ2n) is 3.34. The minimum atomic E-state index is -5.67. The van der Waals surface area contributed by atoms with Gasteiger partial charge in [-0.15, -0.1) is 0 Å². The van der Waals surface area contributed by atoms with Gasteiger partial charge in [-0.1, -0.05) is 6.07 Å². The molecule has 1 rings (SSSR count). The Hall–Kier alpha value is 0.410. The fourth-order valence-electron chi connectivity index (χ4n) is 1.11. The summed E-state index contributed by atoms with van der Waals surface area (Å²) in [6.45, 7) is 0. The second-order valence-corrected chi connectivity index (χ2v) is 7.30. The molecule has 4 N–H and O–H groups in total. The molecule has 0 radical (unpaired) electrons. The molecular formula is C7H10NNaO7P2. The van der Waals surface area contributed by atoms with Gasteiger partial charge in [0.25, 0.3) is 0 Å². The topological polar surface area (TPSA) is 151 Å². The molecule has 96 valence electrons. The van der Waals surface area contributed by atoms with Crippen molar-refractivity contribution in [3.05, 3.63) is 30.1 Å². The van der Waals surface area contributed by atoms with Crippen molar-refractivity contribution < 1.29 is 63.4 Å². The van der Waals surface area contributed by atoms with Gasteiger partial charge in [-0.2, -0.15) is 0 Å². The van der Waals surface area contributed by atoms with Crippen LogP contribution in [-0.4, -0.2) is 29.9 Å². The minimum Gasteiger partial charge on any atom is -0.776 e. The number of rotatable bonds is 4. The zero-order valence-corrected chi connectivity index (χ0v) is 13.2. The summed E-state index contributed by atoms with van der Waals surface area (Å²) in [5.41, 5.74) is -0.0801. The summed E-state index contributed by atoms with van der Waals surface area (Å²) in [6, 6.07) is 4.20. The first-order chi connectivity index (χ1) is 7.58. The molecule has 1 aromatic heterocycles. The van der Waals surface area contributed by atoms with Crippen molar-refractivity contribution in [2.75, 3.05) is 0 Å². The van der Waals surface area contributed by atoms with Crippen molar-refractivity contribution in [2.24, 2.45) is 0 Å². The number of aromatic nitrogens is 1. The number of hydrogen-bond acceptors (Lipinski definition) is 5. The van der Waals surface area contributed by atoms with Crippen LogP contribution in [0.2, 0.25) is 0 Å². The predicted molar refractivity (Wildman–Crippen MR) is 54.8 cm³/mol. The Balaban J connectivity index is 0.00000289. The summed E-state index contributed by atoms with van der Waals surface area (Å²) in [5, 5.41) is 5.95.